The summed E-state index contributed by atoms with van der Waals surface area (Å²) < 4.78 is 5.48. The van der Waals surface area contributed by atoms with Crippen LogP contribution >= 0.6 is 0 Å². The van der Waals surface area contributed by atoms with Crippen LogP contribution in [0.2, 0.25) is 0 Å². The minimum atomic E-state index is -0.823. The number of hydrogen-bond donors (Lipinski definition) is 2. The van der Waals surface area contributed by atoms with Crippen LogP contribution in [0, 0.1) is 19.8 Å². The van der Waals surface area contributed by atoms with Crippen molar-refractivity contribution in [3.05, 3.63) is 34.9 Å². The second kappa shape index (κ2) is 17.2. The molecule has 2 unspecified atom stereocenters. The van der Waals surface area contributed by atoms with Gasteiger partial charge in [-0.15, -0.1) is 0 Å². The van der Waals surface area contributed by atoms with Crippen LogP contribution in [-0.4, -0.2) is 47.5 Å². The fraction of sp³-hybridized carbons (Fsp3) is 0.719. The van der Waals surface area contributed by atoms with Crippen LogP contribution in [0.1, 0.15) is 123 Å². The van der Waals surface area contributed by atoms with E-state index < -0.39 is 23.8 Å². The van der Waals surface area contributed by atoms with E-state index in [0.29, 0.717) is 13.1 Å². The van der Waals surface area contributed by atoms with Crippen LogP contribution in [0.25, 0.3) is 0 Å². The van der Waals surface area contributed by atoms with Gasteiger partial charge < -0.3 is 20.3 Å². The maximum atomic E-state index is 14.3. The van der Waals surface area contributed by atoms with Gasteiger partial charge >= 0.3 is 6.09 Å². The second-order valence-electron chi connectivity index (χ2n) is 12.1. The molecular formula is C32H55N3O4. The predicted octanol–water partition coefficient (Wildman–Crippen LogP) is 7.00. The number of nitrogens with one attached hydrogen (secondary N) is 2. The lowest BCUT2D eigenvalue weighted by atomic mass is 9.94. The van der Waals surface area contributed by atoms with Gasteiger partial charge in [0.05, 0.1) is 0 Å². The van der Waals surface area contributed by atoms with Crippen LogP contribution in [0.3, 0.4) is 0 Å². The van der Waals surface area contributed by atoms with Gasteiger partial charge in [-0.2, -0.15) is 0 Å². The predicted molar refractivity (Wildman–Crippen MR) is 160 cm³/mol. The van der Waals surface area contributed by atoms with Crippen LogP contribution in [0.4, 0.5) is 4.79 Å². The highest BCUT2D eigenvalue weighted by atomic mass is 16.6. The fourth-order valence-electron chi connectivity index (χ4n) is 4.55. The molecule has 0 radical (unpaired) electrons. The third-order valence-electron chi connectivity index (χ3n) is 6.76. The maximum Gasteiger partial charge on any atom is 0.408 e. The van der Waals surface area contributed by atoms with Crippen molar-refractivity contribution < 1.29 is 19.1 Å². The van der Waals surface area contributed by atoms with E-state index in [1.165, 1.54) is 12.8 Å². The highest BCUT2D eigenvalue weighted by molar-refractivity contribution is 5.92. The molecule has 0 fully saturated rings. The Balaban J connectivity index is 3.46. The van der Waals surface area contributed by atoms with Crippen molar-refractivity contribution in [2.45, 2.75) is 131 Å². The molecule has 7 heteroatoms. The van der Waals surface area contributed by atoms with Crippen molar-refractivity contribution in [2.75, 3.05) is 13.1 Å². The van der Waals surface area contributed by atoms with Crippen LogP contribution in [0.5, 0.6) is 0 Å². The number of carbonyl (C=O) groups excluding carboxylic acids is 3. The first-order valence-corrected chi connectivity index (χ1v) is 15.0. The van der Waals surface area contributed by atoms with Gasteiger partial charge in [-0.1, -0.05) is 90.0 Å². The summed E-state index contributed by atoms with van der Waals surface area (Å²) >= 11 is 0. The molecule has 1 aromatic rings. The van der Waals surface area contributed by atoms with E-state index in [9.17, 15) is 14.4 Å². The zero-order valence-electron chi connectivity index (χ0n) is 26.1. The number of amides is 3. The van der Waals surface area contributed by atoms with E-state index in [0.717, 1.165) is 55.2 Å². The molecule has 3 amide bonds. The molecule has 222 valence electrons. The first-order chi connectivity index (χ1) is 18.3. The molecule has 7 nitrogen and oxygen atoms in total. The van der Waals surface area contributed by atoms with Gasteiger partial charge in [-0.3, -0.25) is 9.59 Å². The summed E-state index contributed by atoms with van der Waals surface area (Å²) in [7, 11) is 0. The first-order valence-electron chi connectivity index (χ1n) is 15.0. The van der Waals surface area contributed by atoms with E-state index in [4.69, 9.17) is 4.74 Å². The molecule has 0 aliphatic carbocycles. The number of unbranched alkanes of at least 4 members (excludes halogenated alkanes) is 6. The zero-order chi connectivity index (χ0) is 29.6. The number of hydrogen-bond acceptors (Lipinski definition) is 4. The Morgan fingerprint density at radius 3 is 2.13 bits per heavy atom. The molecule has 0 aromatic heterocycles. The average molecular weight is 546 g/mol. The number of aryl methyl sites for hydroxylation is 2. The van der Waals surface area contributed by atoms with Crippen LogP contribution in [-0.2, 0) is 14.3 Å². The fourth-order valence-corrected chi connectivity index (χ4v) is 4.55. The highest BCUT2D eigenvalue weighted by Gasteiger charge is 2.37. The Labute approximate surface area is 237 Å². The van der Waals surface area contributed by atoms with E-state index >= 15 is 0 Å². The Kier molecular flexibility index (Phi) is 15.2. The Bertz CT molecular complexity index is 907. The van der Waals surface area contributed by atoms with Crippen molar-refractivity contribution in [1.82, 2.24) is 15.5 Å². The molecule has 0 aliphatic rings. The van der Waals surface area contributed by atoms with E-state index in [1.807, 2.05) is 45.9 Å². The number of ether oxygens (including phenoxy) is 1. The van der Waals surface area contributed by atoms with E-state index in [2.05, 4.69) is 24.5 Å². The maximum absolute atomic E-state index is 14.3. The Morgan fingerprint density at radius 2 is 1.54 bits per heavy atom. The molecule has 2 atom stereocenters. The lowest BCUT2D eigenvalue weighted by Gasteiger charge is -2.36. The molecule has 0 bridgehead atoms. The third-order valence-corrected chi connectivity index (χ3v) is 6.76. The number of rotatable bonds is 16. The molecule has 39 heavy (non-hydrogen) atoms. The summed E-state index contributed by atoms with van der Waals surface area (Å²) in [6.45, 7) is 18.4. The molecule has 0 saturated carbocycles. The van der Waals surface area contributed by atoms with Gasteiger partial charge in [0, 0.05) is 13.1 Å². The van der Waals surface area contributed by atoms with Gasteiger partial charge in [0.1, 0.15) is 17.7 Å². The van der Waals surface area contributed by atoms with E-state index in [-0.39, 0.29) is 17.7 Å². The first kappa shape index (κ1) is 34.5. The molecule has 0 spiro atoms. The minimum Gasteiger partial charge on any atom is -0.444 e. The van der Waals surface area contributed by atoms with Gasteiger partial charge in [0.2, 0.25) is 11.8 Å². The lowest BCUT2D eigenvalue weighted by molar-refractivity contribution is -0.143. The van der Waals surface area contributed by atoms with Crippen molar-refractivity contribution in [2.24, 2.45) is 5.92 Å². The van der Waals surface area contributed by atoms with Gasteiger partial charge in [0.15, 0.2) is 0 Å². The van der Waals surface area contributed by atoms with Crippen molar-refractivity contribution in [3.63, 3.8) is 0 Å². The molecule has 0 aliphatic heterocycles. The molecule has 1 aromatic carbocycles. The molecular weight excluding hydrogens is 490 g/mol. The standard InChI is InChI=1S/C32H55N3O4/c1-10-12-14-15-16-17-21-35(30(37)27(23(3)4)34-31(38)39-32(7,8)9)28(29(36)33-20-13-11-2)26-22-24(5)18-19-25(26)6/h18-19,22-23,27-28H,10-17,20-21H2,1-9H3,(H,33,36)(H,34,38). The normalized spacial score (nSPS) is 13.1. The van der Waals surface area contributed by atoms with E-state index in [1.54, 1.807) is 25.7 Å². The number of carbonyl (C=O) groups is 3. The number of alkyl carbamates (subject to hydrolysis) is 1. The summed E-state index contributed by atoms with van der Waals surface area (Å²) in [6.07, 6.45) is 7.59. The molecule has 2 N–H and O–H groups in total. The van der Waals surface area contributed by atoms with Crippen LogP contribution in [0.15, 0.2) is 18.2 Å². The molecule has 1 rings (SSSR count). The van der Waals surface area contributed by atoms with Crippen molar-refractivity contribution in [3.8, 4) is 0 Å². The lowest BCUT2D eigenvalue weighted by Crippen LogP contribution is -2.55. The third kappa shape index (κ3) is 12.4. The Hall–Kier alpha value is -2.57. The number of nitrogens with zero attached hydrogens (tertiary/aromatic N) is 1. The monoisotopic (exact) mass is 545 g/mol. The average Bonchev–Trinajstić information content (AvgIpc) is 2.84. The van der Waals surface area contributed by atoms with Crippen LogP contribution < -0.4 is 10.6 Å². The summed E-state index contributed by atoms with van der Waals surface area (Å²) in [6, 6.07) is 4.42. The van der Waals surface area contributed by atoms with Crippen molar-refractivity contribution >= 4 is 17.9 Å². The summed E-state index contributed by atoms with van der Waals surface area (Å²) in [4.78, 5) is 42.5. The Morgan fingerprint density at radius 1 is 0.923 bits per heavy atom. The smallest absolute Gasteiger partial charge is 0.408 e. The second-order valence-corrected chi connectivity index (χ2v) is 12.1. The summed E-state index contributed by atoms with van der Waals surface area (Å²) in [5, 5.41) is 5.89. The van der Waals surface area contributed by atoms with Gasteiger partial charge in [-0.05, 0) is 64.5 Å². The molecule has 0 saturated heterocycles. The zero-order valence-corrected chi connectivity index (χ0v) is 26.1. The van der Waals surface area contributed by atoms with Gasteiger partial charge in [0.25, 0.3) is 0 Å². The largest absolute Gasteiger partial charge is 0.444 e. The van der Waals surface area contributed by atoms with Gasteiger partial charge in [-0.25, -0.2) is 4.79 Å². The topological polar surface area (TPSA) is 87.7 Å². The highest BCUT2D eigenvalue weighted by Crippen LogP contribution is 2.28. The SMILES string of the molecule is CCCCCCCCN(C(=O)C(NC(=O)OC(C)(C)C)C(C)C)C(C(=O)NCCCC)c1cc(C)ccc1C. The molecule has 0 heterocycles. The van der Waals surface area contributed by atoms with Crippen molar-refractivity contribution in [1.29, 1.82) is 0 Å². The summed E-state index contributed by atoms with van der Waals surface area (Å²) in [5.41, 5.74) is 2.12. The number of benzene rings is 1. The minimum absolute atomic E-state index is 0.184. The quantitative estimate of drug-likeness (QED) is 0.219. The summed E-state index contributed by atoms with van der Waals surface area (Å²) in [5.74, 6) is -0.642.